The molecule has 0 spiro atoms. The van der Waals surface area contributed by atoms with Crippen LogP contribution in [0, 0.1) is 5.92 Å². The third kappa shape index (κ3) is 4.34. The Labute approximate surface area is 172 Å². The smallest absolute Gasteiger partial charge is 0.410 e. The number of benzene rings is 1. The van der Waals surface area contributed by atoms with E-state index in [9.17, 15) is 4.79 Å². The standard InChI is InChI=1S/C22H31N3O4/c1-22(2,3)28-21(26)25-11-9-24(10-12-25)14-19-18-7-5-15-13-16(27-4)6-8-17(15)20(18)23-29-19/h6,8,13,18-19H,5,7,9-12,14H2,1-4H3/t18-,19-/m0/s1. The number of methoxy groups -OCH3 is 1. The first-order valence-electron chi connectivity index (χ1n) is 10.5. The quantitative estimate of drug-likeness (QED) is 0.779. The Balaban J connectivity index is 1.32. The fourth-order valence-electron chi connectivity index (χ4n) is 4.33. The topological polar surface area (TPSA) is 63.6 Å². The van der Waals surface area contributed by atoms with Gasteiger partial charge in [-0.2, -0.15) is 0 Å². The zero-order valence-corrected chi connectivity index (χ0v) is 17.8. The lowest BCUT2D eigenvalue weighted by atomic mass is 9.79. The van der Waals surface area contributed by atoms with Crippen LogP contribution in [0.2, 0.25) is 0 Å². The average molecular weight is 402 g/mol. The second-order valence-electron chi connectivity index (χ2n) is 9.06. The number of carbonyl (C=O) groups excluding carboxylic acids is 1. The van der Waals surface area contributed by atoms with Gasteiger partial charge in [-0.15, -0.1) is 0 Å². The number of ether oxygens (including phenoxy) is 2. The lowest BCUT2D eigenvalue weighted by Crippen LogP contribution is -2.52. The molecule has 2 aliphatic heterocycles. The fourth-order valence-corrected chi connectivity index (χ4v) is 4.33. The minimum atomic E-state index is -0.457. The van der Waals surface area contributed by atoms with Crippen LogP contribution in [0.15, 0.2) is 23.4 Å². The molecular weight excluding hydrogens is 370 g/mol. The number of fused-ring (bicyclic) bond motifs is 3. The van der Waals surface area contributed by atoms with Crippen LogP contribution in [0.3, 0.4) is 0 Å². The first-order valence-corrected chi connectivity index (χ1v) is 10.5. The van der Waals surface area contributed by atoms with Gasteiger partial charge in [-0.05, 0) is 57.4 Å². The van der Waals surface area contributed by atoms with Crippen molar-refractivity contribution >= 4 is 11.8 Å². The van der Waals surface area contributed by atoms with Gasteiger partial charge in [0.2, 0.25) is 0 Å². The summed E-state index contributed by atoms with van der Waals surface area (Å²) in [6.07, 6.45) is 1.91. The van der Waals surface area contributed by atoms with E-state index in [0.717, 1.165) is 43.9 Å². The number of piperazine rings is 1. The molecule has 7 nitrogen and oxygen atoms in total. The molecule has 0 bridgehead atoms. The summed E-state index contributed by atoms with van der Waals surface area (Å²) in [5.74, 6) is 1.22. The van der Waals surface area contributed by atoms with Crippen molar-refractivity contribution in [2.24, 2.45) is 11.1 Å². The second-order valence-corrected chi connectivity index (χ2v) is 9.06. The molecule has 0 unspecified atom stereocenters. The Morgan fingerprint density at radius 1 is 1.24 bits per heavy atom. The predicted octanol–water partition coefficient (Wildman–Crippen LogP) is 2.91. The highest BCUT2D eigenvalue weighted by molar-refractivity contribution is 6.05. The molecule has 7 heteroatoms. The van der Waals surface area contributed by atoms with Crippen LogP contribution in [0.4, 0.5) is 4.79 Å². The summed E-state index contributed by atoms with van der Waals surface area (Å²) in [5.41, 5.74) is 3.10. The van der Waals surface area contributed by atoms with Crippen LogP contribution in [-0.4, -0.2) is 73.1 Å². The average Bonchev–Trinajstić information content (AvgIpc) is 3.10. The number of oxime groups is 1. The van der Waals surface area contributed by atoms with Crippen molar-refractivity contribution in [3.05, 3.63) is 29.3 Å². The molecule has 0 radical (unpaired) electrons. The third-order valence-corrected chi connectivity index (χ3v) is 5.86. The maximum atomic E-state index is 12.2. The van der Waals surface area contributed by atoms with E-state index in [1.807, 2.05) is 26.8 Å². The molecule has 158 valence electrons. The van der Waals surface area contributed by atoms with Gasteiger partial charge in [0.15, 0.2) is 0 Å². The van der Waals surface area contributed by atoms with Crippen molar-refractivity contribution in [1.29, 1.82) is 0 Å². The molecule has 0 aromatic heterocycles. The highest BCUT2D eigenvalue weighted by atomic mass is 16.6. The summed E-state index contributed by atoms with van der Waals surface area (Å²) in [6, 6.07) is 6.20. The highest BCUT2D eigenvalue weighted by Gasteiger charge is 2.39. The minimum absolute atomic E-state index is 0.0772. The van der Waals surface area contributed by atoms with Gasteiger partial charge in [0.1, 0.15) is 17.5 Å². The van der Waals surface area contributed by atoms with Crippen molar-refractivity contribution in [1.82, 2.24) is 9.80 Å². The van der Waals surface area contributed by atoms with Crippen LogP contribution in [0.1, 0.15) is 38.3 Å². The Kier molecular flexibility index (Phi) is 5.42. The minimum Gasteiger partial charge on any atom is -0.497 e. The number of aryl methyl sites for hydroxylation is 1. The van der Waals surface area contributed by atoms with Gasteiger partial charge < -0.3 is 19.2 Å². The molecule has 1 aromatic rings. The van der Waals surface area contributed by atoms with E-state index in [4.69, 9.17) is 14.3 Å². The second kappa shape index (κ2) is 7.86. The number of rotatable bonds is 3. The van der Waals surface area contributed by atoms with Crippen LogP contribution >= 0.6 is 0 Å². The normalized spacial score (nSPS) is 24.3. The van der Waals surface area contributed by atoms with Crippen molar-refractivity contribution in [3.8, 4) is 5.75 Å². The molecule has 4 rings (SSSR count). The molecular formula is C22H31N3O4. The molecule has 1 aromatic carbocycles. The van der Waals surface area contributed by atoms with Crippen molar-refractivity contribution in [3.63, 3.8) is 0 Å². The van der Waals surface area contributed by atoms with E-state index in [1.54, 1.807) is 12.0 Å². The SMILES string of the molecule is COc1ccc2c(c1)CC[C@@H]1C2=NO[C@H]1CN1CCN(C(=O)OC(C)(C)C)CC1. The predicted molar refractivity (Wildman–Crippen MR) is 110 cm³/mol. The Morgan fingerprint density at radius 3 is 2.69 bits per heavy atom. The van der Waals surface area contributed by atoms with Gasteiger partial charge in [-0.1, -0.05) is 5.16 Å². The van der Waals surface area contributed by atoms with Crippen molar-refractivity contribution < 1.29 is 19.1 Å². The molecule has 29 heavy (non-hydrogen) atoms. The number of hydrogen-bond donors (Lipinski definition) is 0. The molecule has 1 aliphatic carbocycles. The Hall–Kier alpha value is -2.28. The van der Waals surface area contributed by atoms with Crippen molar-refractivity contribution in [2.75, 3.05) is 39.8 Å². The fraction of sp³-hybridized carbons (Fsp3) is 0.636. The third-order valence-electron chi connectivity index (χ3n) is 5.86. The number of amides is 1. The van der Waals surface area contributed by atoms with E-state index in [2.05, 4.69) is 22.2 Å². The summed E-state index contributed by atoms with van der Waals surface area (Å²) in [4.78, 5) is 22.3. The monoisotopic (exact) mass is 401 g/mol. The number of nitrogens with zero attached hydrogens (tertiary/aromatic N) is 3. The summed E-state index contributed by atoms with van der Waals surface area (Å²) in [7, 11) is 1.70. The summed E-state index contributed by atoms with van der Waals surface area (Å²) < 4.78 is 10.8. The maximum Gasteiger partial charge on any atom is 0.410 e. The van der Waals surface area contributed by atoms with Crippen LogP contribution in [0.25, 0.3) is 0 Å². The zero-order chi connectivity index (χ0) is 20.6. The lowest BCUT2D eigenvalue weighted by molar-refractivity contribution is -0.00110. The zero-order valence-electron chi connectivity index (χ0n) is 17.8. The van der Waals surface area contributed by atoms with E-state index >= 15 is 0 Å². The van der Waals surface area contributed by atoms with E-state index in [-0.39, 0.29) is 12.2 Å². The van der Waals surface area contributed by atoms with E-state index in [1.165, 1.54) is 11.1 Å². The van der Waals surface area contributed by atoms with Crippen LogP contribution < -0.4 is 4.74 Å². The van der Waals surface area contributed by atoms with Gasteiger partial charge in [-0.25, -0.2) is 4.79 Å². The molecule has 3 aliphatic rings. The van der Waals surface area contributed by atoms with E-state index < -0.39 is 5.60 Å². The molecule has 2 heterocycles. The van der Waals surface area contributed by atoms with Gasteiger partial charge in [0, 0.05) is 44.2 Å². The van der Waals surface area contributed by atoms with Crippen LogP contribution in [0.5, 0.6) is 5.75 Å². The van der Waals surface area contributed by atoms with Gasteiger partial charge in [-0.3, -0.25) is 4.90 Å². The maximum absolute atomic E-state index is 12.2. The largest absolute Gasteiger partial charge is 0.497 e. The molecule has 1 saturated heterocycles. The molecule has 1 fully saturated rings. The van der Waals surface area contributed by atoms with Gasteiger partial charge in [0.05, 0.1) is 12.8 Å². The highest BCUT2D eigenvalue weighted by Crippen LogP contribution is 2.35. The first-order chi connectivity index (χ1) is 13.8. The number of hydrogen-bond acceptors (Lipinski definition) is 6. The molecule has 1 amide bonds. The van der Waals surface area contributed by atoms with Gasteiger partial charge >= 0.3 is 6.09 Å². The summed E-state index contributed by atoms with van der Waals surface area (Å²) in [6.45, 7) is 9.55. The lowest BCUT2D eigenvalue weighted by Gasteiger charge is -2.37. The van der Waals surface area contributed by atoms with Crippen LogP contribution in [-0.2, 0) is 16.0 Å². The number of carbonyl (C=O) groups is 1. The van der Waals surface area contributed by atoms with Crippen molar-refractivity contribution in [2.45, 2.75) is 45.3 Å². The summed E-state index contributed by atoms with van der Waals surface area (Å²) in [5, 5.41) is 4.45. The molecule has 2 atom stereocenters. The molecule has 0 N–H and O–H groups in total. The van der Waals surface area contributed by atoms with E-state index in [0.29, 0.717) is 19.0 Å². The summed E-state index contributed by atoms with van der Waals surface area (Å²) >= 11 is 0. The first kappa shape index (κ1) is 20.0. The molecule has 0 saturated carbocycles. The Morgan fingerprint density at radius 2 is 2.00 bits per heavy atom. The Bertz CT molecular complexity index is 794. The van der Waals surface area contributed by atoms with Gasteiger partial charge in [0.25, 0.3) is 0 Å².